The maximum Gasteiger partial charge on any atom is 0.287 e. The summed E-state index contributed by atoms with van der Waals surface area (Å²) < 4.78 is 5.59. The number of hydrogen-bond acceptors (Lipinski definition) is 4. The topological polar surface area (TPSA) is 100 Å². The van der Waals surface area contributed by atoms with E-state index in [1.807, 2.05) is 36.4 Å². The monoisotopic (exact) mass is 438 g/mol. The minimum absolute atomic E-state index is 0.134. The quantitative estimate of drug-likeness (QED) is 0.439. The first-order chi connectivity index (χ1) is 13.6. The molecule has 0 saturated carbocycles. The van der Waals surface area contributed by atoms with Crippen molar-refractivity contribution in [3.63, 3.8) is 0 Å². The highest BCUT2D eigenvalue weighted by atomic mass is 79.9. The molecule has 4 rings (SSSR count). The Morgan fingerprint density at radius 3 is 2.54 bits per heavy atom. The number of carbonyl (C=O) groups excluding carboxylic acids is 2. The van der Waals surface area contributed by atoms with Gasteiger partial charge in [0.15, 0.2) is 10.4 Å². The third-order valence-electron chi connectivity index (χ3n) is 4.04. The fourth-order valence-corrected chi connectivity index (χ4v) is 3.00. The predicted molar refractivity (Wildman–Crippen MR) is 109 cm³/mol. The zero-order valence-corrected chi connectivity index (χ0v) is 16.1. The number of furan rings is 1. The fourth-order valence-electron chi connectivity index (χ4n) is 2.69. The number of anilines is 1. The lowest BCUT2D eigenvalue weighted by molar-refractivity contribution is -0.115. The number of imidazole rings is 1. The Balaban J connectivity index is 1.36. The minimum Gasteiger partial charge on any atom is -0.444 e. The molecule has 4 aromatic rings. The highest BCUT2D eigenvalue weighted by Gasteiger charge is 2.12. The molecule has 2 amide bonds. The highest BCUT2D eigenvalue weighted by molar-refractivity contribution is 9.10. The number of hydrogen-bond donors (Lipinski definition) is 3. The second-order valence-electron chi connectivity index (χ2n) is 6.01. The molecule has 2 aromatic carbocycles. The van der Waals surface area contributed by atoms with E-state index in [4.69, 9.17) is 4.42 Å². The third kappa shape index (κ3) is 3.96. The van der Waals surface area contributed by atoms with Crippen LogP contribution in [0, 0.1) is 0 Å². The number of halogens is 1. The third-order valence-corrected chi connectivity index (χ3v) is 4.46. The summed E-state index contributed by atoms with van der Waals surface area (Å²) in [6.07, 6.45) is 0. The molecule has 0 aliphatic carbocycles. The molecule has 0 bridgehead atoms. The highest BCUT2D eigenvalue weighted by Crippen LogP contribution is 2.22. The summed E-state index contributed by atoms with van der Waals surface area (Å²) in [6, 6.07) is 18.2. The maximum atomic E-state index is 12.0. The first-order valence-corrected chi connectivity index (χ1v) is 9.26. The molecule has 3 N–H and O–H groups in total. The summed E-state index contributed by atoms with van der Waals surface area (Å²) in [6.45, 7) is -0.164. The molecular weight excluding hydrogens is 424 g/mol. The van der Waals surface area contributed by atoms with Crippen molar-refractivity contribution >= 4 is 44.5 Å². The number of benzene rings is 2. The van der Waals surface area contributed by atoms with Gasteiger partial charge in [-0.25, -0.2) is 4.98 Å². The van der Waals surface area contributed by atoms with E-state index in [2.05, 4.69) is 36.5 Å². The maximum absolute atomic E-state index is 12.0. The number of nitrogens with one attached hydrogen (secondary N) is 3. The SMILES string of the molecule is O=C(CNC(=O)c1ccc(Br)o1)Nc1ccc(-c2nc3ccccc3[nH]2)cc1. The molecule has 7 nitrogen and oxygen atoms in total. The van der Waals surface area contributed by atoms with Crippen molar-refractivity contribution in [3.05, 3.63) is 71.1 Å². The number of H-pyrrole nitrogens is 1. The van der Waals surface area contributed by atoms with E-state index in [-0.39, 0.29) is 18.2 Å². The molecule has 0 radical (unpaired) electrons. The second kappa shape index (κ2) is 7.69. The number of fused-ring (bicyclic) bond motifs is 1. The summed E-state index contributed by atoms with van der Waals surface area (Å²) in [5.74, 6) is 0.0994. The first-order valence-electron chi connectivity index (χ1n) is 8.47. The molecule has 28 heavy (non-hydrogen) atoms. The molecule has 0 aliphatic rings. The van der Waals surface area contributed by atoms with Gasteiger partial charge in [0.2, 0.25) is 5.91 Å². The molecule has 140 valence electrons. The molecule has 2 heterocycles. The average molecular weight is 439 g/mol. The van der Waals surface area contributed by atoms with Crippen LogP contribution in [0.25, 0.3) is 22.4 Å². The Kier molecular flexibility index (Phi) is 4.94. The normalized spacial score (nSPS) is 10.8. The van der Waals surface area contributed by atoms with Crippen LogP contribution in [0.3, 0.4) is 0 Å². The Morgan fingerprint density at radius 2 is 1.82 bits per heavy atom. The van der Waals surface area contributed by atoms with E-state index in [9.17, 15) is 9.59 Å². The van der Waals surface area contributed by atoms with E-state index in [0.29, 0.717) is 10.4 Å². The zero-order chi connectivity index (χ0) is 19.5. The van der Waals surface area contributed by atoms with Gasteiger partial charge in [0.05, 0.1) is 17.6 Å². The summed E-state index contributed by atoms with van der Waals surface area (Å²) in [5.41, 5.74) is 3.40. The number of amides is 2. The Hall–Kier alpha value is -3.39. The molecule has 0 aliphatic heterocycles. The Morgan fingerprint density at radius 1 is 1.04 bits per heavy atom. The van der Waals surface area contributed by atoms with Gasteiger partial charge in [-0.05, 0) is 64.5 Å². The molecule has 8 heteroatoms. The van der Waals surface area contributed by atoms with Crippen molar-refractivity contribution in [1.29, 1.82) is 0 Å². The van der Waals surface area contributed by atoms with Crippen molar-refractivity contribution in [2.75, 3.05) is 11.9 Å². The van der Waals surface area contributed by atoms with E-state index >= 15 is 0 Å². The lowest BCUT2D eigenvalue weighted by Gasteiger charge is -2.06. The van der Waals surface area contributed by atoms with Gasteiger partial charge in [0.25, 0.3) is 5.91 Å². The number of aromatic nitrogens is 2. The van der Waals surface area contributed by atoms with Gasteiger partial charge in [-0.3, -0.25) is 9.59 Å². The summed E-state index contributed by atoms with van der Waals surface area (Å²) >= 11 is 3.12. The average Bonchev–Trinajstić information content (AvgIpc) is 3.33. The van der Waals surface area contributed by atoms with Crippen molar-refractivity contribution in [2.24, 2.45) is 0 Å². The van der Waals surface area contributed by atoms with Gasteiger partial charge in [0.1, 0.15) is 5.82 Å². The van der Waals surface area contributed by atoms with Crippen LogP contribution in [0.2, 0.25) is 0 Å². The van der Waals surface area contributed by atoms with Crippen molar-refractivity contribution < 1.29 is 14.0 Å². The fraction of sp³-hybridized carbons (Fsp3) is 0.0500. The minimum atomic E-state index is -0.457. The van der Waals surface area contributed by atoms with Crippen LogP contribution in [-0.2, 0) is 4.79 Å². The van der Waals surface area contributed by atoms with Gasteiger partial charge in [0, 0.05) is 11.3 Å². The van der Waals surface area contributed by atoms with E-state index in [1.165, 1.54) is 6.07 Å². The first kappa shape index (κ1) is 18.0. The van der Waals surface area contributed by atoms with E-state index in [0.717, 1.165) is 22.4 Å². The number of para-hydroxylation sites is 2. The smallest absolute Gasteiger partial charge is 0.287 e. The van der Waals surface area contributed by atoms with Gasteiger partial charge in [-0.2, -0.15) is 0 Å². The van der Waals surface area contributed by atoms with Crippen molar-refractivity contribution in [1.82, 2.24) is 15.3 Å². The van der Waals surface area contributed by atoms with Gasteiger partial charge >= 0.3 is 0 Å². The lowest BCUT2D eigenvalue weighted by atomic mass is 10.2. The van der Waals surface area contributed by atoms with Crippen molar-refractivity contribution in [3.8, 4) is 11.4 Å². The van der Waals surface area contributed by atoms with Gasteiger partial charge in [-0.1, -0.05) is 12.1 Å². The van der Waals surface area contributed by atoms with Crippen LogP contribution in [0.15, 0.2) is 69.8 Å². The van der Waals surface area contributed by atoms with Crippen LogP contribution in [0.5, 0.6) is 0 Å². The van der Waals surface area contributed by atoms with Crippen LogP contribution in [0.1, 0.15) is 10.6 Å². The van der Waals surface area contributed by atoms with E-state index in [1.54, 1.807) is 18.2 Å². The number of carbonyl (C=O) groups is 2. The predicted octanol–water partition coefficient (Wildman–Crippen LogP) is 3.95. The number of nitrogens with zero attached hydrogens (tertiary/aromatic N) is 1. The summed E-state index contributed by atoms with van der Waals surface area (Å²) in [4.78, 5) is 31.7. The molecule has 2 aromatic heterocycles. The zero-order valence-electron chi connectivity index (χ0n) is 14.5. The molecule has 0 spiro atoms. The van der Waals surface area contributed by atoms with Crippen LogP contribution >= 0.6 is 15.9 Å². The van der Waals surface area contributed by atoms with Crippen LogP contribution in [-0.4, -0.2) is 28.3 Å². The molecule has 0 atom stereocenters. The Bertz CT molecular complexity index is 1110. The van der Waals surface area contributed by atoms with Crippen LogP contribution < -0.4 is 10.6 Å². The van der Waals surface area contributed by atoms with Gasteiger partial charge < -0.3 is 20.0 Å². The molecular formula is C20H15BrN4O3. The molecule has 0 saturated heterocycles. The number of rotatable bonds is 5. The summed E-state index contributed by atoms with van der Waals surface area (Å²) in [5, 5.41) is 5.24. The molecule has 0 fully saturated rings. The Labute approximate surface area is 168 Å². The standard InChI is InChI=1S/C20H15BrN4O3/c21-17-10-9-16(28-17)20(27)22-11-18(26)23-13-7-5-12(6-8-13)19-24-14-3-1-2-4-15(14)25-19/h1-10H,11H2,(H,22,27)(H,23,26)(H,24,25). The summed E-state index contributed by atoms with van der Waals surface area (Å²) in [7, 11) is 0. The van der Waals surface area contributed by atoms with E-state index < -0.39 is 5.91 Å². The van der Waals surface area contributed by atoms with Gasteiger partial charge in [-0.15, -0.1) is 0 Å². The van der Waals surface area contributed by atoms with Crippen LogP contribution in [0.4, 0.5) is 5.69 Å². The second-order valence-corrected chi connectivity index (χ2v) is 6.80. The lowest BCUT2D eigenvalue weighted by Crippen LogP contribution is -2.32. The molecule has 0 unspecified atom stereocenters. The number of aromatic amines is 1. The van der Waals surface area contributed by atoms with Crippen molar-refractivity contribution in [2.45, 2.75) is 0 Å². The largest absolute Gasteiger partial charge is 0.444 e.